The lowest BCUT2D eigenvalue weighted by Crippen LogP contribution is -2.46. The van der Waals surface area contributed by atoms with E-state index < -0.39 is 10.1 Å². The Morgan fingerprint density at radius 1 is 0.488 bits per heavy atom. The van der Waals surface area contributed by atoms with Crippen molar-refractivity contribution >= 4 is 10.1 Å². The van der Waals surface area contributed by atoms with Gasteiger partial charge in [0.15, 0.2) is 0 Å². The summed E-state index contributed by atoms with van der Waals surface area (Å²) in [4.78, 5) is -0.178. The van der Waals surface area contributed by atoms with Gasteiger partial charge in [-0.05, 0) is 57.6 Å². The van der Waals surface area contributed by atoms with Gasteiger partial charge in [-0.25, -0.2) is 8.42 Å². The topological polar surface area (TPSA) is 57.2 Å². The SMILES string of the molecule is CCCCCCCCCC[N+](C)(CCCCCCCCCC)CCCCCCCCCC.Cc1ccc(S(=O)(=O)[O-])cc1. The first-order chi connectivity index (χ1) is 20.7. The molecule has 4 nitrogen and oxygen atoms in total. The number of benzene rings is 1. The van der Waals surface area contributed by atoms with E-state index in [9.17, 15) is 13.0 Å². The predicted octanol–water partition coefficient (Wildman–Crippen LogP) is 11.8. The maximum Gasteiger partial charge on any atom is 0.124 e. The molecule has 0 spiro atoms. The molecular formula is C38H73NO3S. The molecule has 0 N–H and O–H groups in total. The Morgan fingerprint density at radius 3 is 1.00 bits per heavy atom. The monoisotopic (exact) mass is 624 g/mol. The molecule has 0 aromatic heterocycles. The van der Waals surface area contributed by atoms with Gasteiger partial charge in [-0.2, -0.15) is 0 Å². The molecule has 0 fully saturated rings. The third-order valence-corrected chi connectivity index (χ3v) is 9.81. The number of quaternary nitrogens is 1. The molecule has 43 heavy (non-hydrogen) atoms. The Kier molecular flexibility index (Phi) is 28.0. The number of hydrogen-bond donors (Lipinski definition) is 0. The molecule has 0 radical (unpaired) electrons. The molecule has 0 heterocycles. The summed E-state index contributed by atoms with van der Waals surface area (Å²) < 4.78 is 32.5. The minimum atomic E-state index is -4.27. The van der Waals surface area contributed by atoms with Crippen LogP contribution in [0.5, 0.6) is 0 Å². The zero-order valence-corrected chi connectivity index (χ0v) is 30.3. The van der Waals surface area contributed by atoms with E-state index >= 15 is 0 Å². The molecule has 0 aliphatic rings. The van der Waals surface area contributed by atoms with Crippen LogP contribution in [0, 0.1) is 6.92 Å². The van der Waals surface area contributed by atoms with E-state index in [2.05, 4.69) is 27.8 Å². The van der Waals surface area contributed by atoms with Crippen molar-refractivity contribution in [2.75, 3.05) is 26.7 Å². The highest BCUT2D eigenvalue weighted by atomic mass is 32.2. The van der Waals surface area contributed by atoms with Crippen molar-refractivity contribution in [2.45, 2.75) is 187 Å². The Morgan fingerprint density at radius 2 is 0.744 bits per heavy atom. The summed E-state index contributed by atoms with van der Waals surface area (Å²) in [5, 5.41) is 0. The van der Waals surface area contributed by atoms with Crippen LogP contribution in [0.25, 0.3) is 0 Å². The first-order valence-corrected chi connectivity index (χ1v) is 20.0. The lowest BCUT2D eigenvalue weighted by Gasteiger charge is -2.35. The van der Waals surface area contributed by atoms with Crippen LogP contribution in [-0.4, -0.2) is 44.1 Å². The van der Waals surface area contributed by atoms with Crippen molar-refractivity contribution in [3.05, 3.63) is 29.8 Å². The van der Waals surface area contributed by atoms with E-state index in [1.54, 1.807) is 12.1 Å². The normalized spacial score (nSPS) is 11.9. The standard InChI is InChI=1S/C31H66N.C7H8O3S/c1-5-8-11-14-17-20-23-26-29-32(4,30-27-24-21-18-15-12-9-6-2)31-28-25-22-19-16-13-10-7-3;1-6-2-4-7(5-3-6)11(8,9)10/h5-31H2,1-4H3;2-5H,1H3,(H,8,9,10)/q+1;/p-1. The fourth-order valence-electron chi connectivity index (χ4n) is 5.92. The predicted molar refractivity (Wildman–Crippen MR) is 188 cm³/mol. The van der Waals surface area contributed by atoms with Crippen LogP contribution < -0.4 is 0 Å². The number of unbranched alkanes of at least 4 members (excludes halogenated alkanes) is 21. The smallest absolute Gasteiger partial charge is 0.124 e. The van der Waals surface area contributed by atoms with E-state index in [-0.39, 0.29) is 4.90 Å². The van der Waals surface area contributed by atoms with Gasteiger partial charge in [0.1, 0.15) is 10.1 Å². The summed E-state index contributed by atoms with van der Waals surface area (Å²) in [7, 11) is -1.68. The van der Waals surface area contributed by atoms with Gasteiger partial charge in [0.05, 0.1) is 31.6 Å². The number of rotatable bonds is 28. The van der Waals surface area contributed by atoms with Gasteiger partial charge in [-0.1, -0.05) is 154 Å². The molecule has 0 bridgehead atoms. The summed E-state index contributed by atoms with van der Waals surface area (Å²) in [6, 6.07) is 5.78. The van der Waals surface area contributed by atoms with Crippen molar-refractivity contribution in [3.8, 4) is 0 Å². The minimum Gasteiger partial charge on any atom is -0.744 e. The van der Waals surface area contributed by atoms with E-state index in [0.29, 0.717) is 0 Å². The summed E-state index contributed by atoms with van der Waals surface area (Å²) >= 11 is 0. The lowest BCUT2D eigenvalue weighted by molar-refractivity contribution is -0.910. The number of aryl methyl sites for hydroxylation is 1. The van der Waals surface area contributed by atoms with Gasteiger partial charge in [-0.15, -0.1) is 0 Å². The van der Waals surface area contributed by atoms with Crippen LogP contribution in [-0.2, 0) is 10.1 Å². The summed E-state index contributed by atoms with van der Waals surface area (Å²) in [6.45, 7) is 13.1. The molecule has 1 rings (SSSR count). The Hall–Kier alpha value is -0.910. The second kappa shape index (κ2) is 28.6. The van der Waals surface area contributed by atoms with Gasteiger partial charge in [-0.3, -0.25) is 0 Å². The highest BCUT2D eigenvalue weighted by molar-refractivity contribution is 7.85. The molecule has 0 atom stereocenters. The van der Waals surface area contributed by atoms with E-state index in [4.69, 9.17) is 0 Å². The summed E-state index contributed by atoms with van der Waals surface area (Å²) in [5.41, 5.74) is 0.928. The van der Waals surface area contributed by atoms with Crippen molar-refractivity contribution in [3.63, 3.8) is 0 Å². The molecule has 0 saturated carbocycles. The molecule has 254 valence electrons. The van der Waals surface area contributed by atoms with Crippen molar-refractivity contribution in [1.82, 2.24) is 0 Å². The minimum absolute atomic E-state index is 0.178. The Bertz CT molecular complexity index is 772. The maximum absolute atomic E-state index is 10.4. The molecule has 0 aliphatic heterocycles. The zero-order chi connectivity index (χ0) is 32.1. The van der Waals surface area contributed by atoms with Crippen LogP contribution in [0.1, 0.15) is 180 Å². The van der Waals surface area contributed by atoms with Crippen LogP contribution >= 0.6 is 0 Å². The average Bonchev–Trinajstić information content (AvgIpc) is 2.97. The molecular weight excluding hydrogens is 550 g/mol. The summed E-state index contributed by atoms with van der Waals surface area (Å²) in [6.07, 6.45) is 34.8. The van der Waals surface area contributed by atoms with Crippen molar-refractivity contribution in [2.24, 2.45) is 0 Å². The van der Waals surface area contributed by atoms with Crippen molar-refractivity contribution in [1.29, 1.82) is 0 Å². The van der Waals surface area contributed by atoms with Gasteiger partial charge < -0.3 is 9.04 Å². The third-order valence-electron chi connectivity index (χ3n) is 8.96. The molecule has 1 aromatic carbocycles. The highest BCUT2D eigenvalue weighted by Crippen LogP contribution is 2.17. The first-order valence-electron chi connectivity index (χ1n) is 18.5. The van der Waals surface area contributed by atoms with Gasteiger partial charge in [0, 0.05) is 0 Å². The molecule has 1 aromatic rings. The third kappa shape index (κ3) is 27.1. The van der Waals surface area contributed by atoms with Crippen LogP contribution in [0.3, 0.4) is 0 Å². The van der Waals surface area contributed by atoms with Gasteiger partial charge in [0.2, 0.25) is 0 Å². The molecule has 0 saturated heterocycles. The maximum atomic E-state index is 10.4. The fourth-order valence-corrected chi connectivity index (χ4v) is 6.39. The van der Waals surface area contributed by atoms with Gasteiger partial charge >= 0.3 is 0 Å². The highest BCUT2D eigenvalue weighted by Gasteiger charge is 2.20. The molecule has 0 unspecified atom stereocenters. The number of hydrogen-bond acceptors (Lipinski definition) is 3. The fraction of sp³-hybridized carbons (Fsp3) is 0.842. The molecule has 0 aliphatic carbocycles. The molecule has 0 amide bonds. The number of nitrogens with zero attached hydrogens (tertiary/aromatic N) is 1. The Labute approximate surface area is 270 Å². The van der Waals surface area contributed by atoms with Crippen molar-refractivity contribution < 1.29 is 17.5 Å². The first kappa shape index (κ1) is 42.1. The largest absolute Gasteiger partial charge is 0.744 e. The Balaban J connectivity index is 0.00000133. The van der Waals surface area contributed by atoms with Crippen LogP contribution in [0.15, 0.2) is 29.2 Å². The molecule has 5 heteroatoms. The van der Waals surface area contributed by atoms with Crippen LogP contribution in [0.4, 0.5) is 0 Å². The average molecular weight is 624 g/mol. The second-order valence-corrected chi connectivity index (χ2v) is 14.9. The van der Waals surface area contributed by atoms with E-state index in [1.807, 2.05) is 6.92 Å². The van der Waals surface area contributed by atoms with Crippen LogP contribution in [0.2, 0.25) is 0 Å². The van der Waals surface area contributed by atoms with Gasteiger partial charge in [0.25, 0.3) is 0 Å². The van der Waals surface area contributed by atoms with E-state index in [1.165, 1.54) is 190 Å². The van der Waals surface area contributed by atoms with E-state index in [0.717, 1.165) is 5.56 Å². The second-order valence-electron chi connectivity index (χ2n) is 13.5. The quantitative estimate of drug-likeness (QED) is 0.0530. The lowest BCUT2D eigenvalue weighted by atomic mass is 10.1. The zero-order valence-electron chi connectivity index (χ0n) is 29.5. The summed E-state index contributed by atoms with van der Waals surface area (Å²) in [5.74, 6) is 0.